The van der Waals surface area contributed by atoms with Crippen LogP contribution in [0.4, 0.5) is 11.5 Å². The number of hydrogen-bond donors (Lipinski definition) is 2. The molecule has 0 aliphatic rings. The van der Waals surface area contributed by atoms with Crippen molar-refractivity contribution >= 4 is 49.1 Å². The van der Waals surface area contributed by atoms with E-state index in [1.807, 2.05) is 19.1 Å². The van der Waals surface area contributed by atoms with E-state index in [1.165, 1.54) is 12.3 Å². The van der Waals surface area contributed by atoms with Crippen LogP contribution in [0, 0.1) is 6.92 Å². The van der Waals surface area contributed by atoms with Crippen molar-refractivity contribution in [2.45, 2.75) is 11.8 Å². The molecule has 0 aliphatic heterocycles. The van der Waals surface area contributed by atoms with Crippen LogP contribution in [-0.4, -0.2) is 20.4 Å². The number of nitrogens with one attached hydrogen (secondary N) is 2. The van der Waals surface area contributed by atoms with Gasteiger partial charge in [0, 0.05) is 17.7 Å². The molecule has 2 rings (SSSR count). The van der Waals surface area contributed by atoms with Crippen molar-refractivity contribution < 1.29 is 8.42 Å². The molecule has 0 atom stereocenters. The van der Waals surface area contributed by atoms with Gasteiger partial charge in [0.05, 0.1) is 10.7 Å². The molecule has 0 radical (unpaired) electrons. The van der Waals surface area contributed by atoms with Crippen molar-refractivity contribution in [1.29, 1.82) is 0 Å². The highest BCUT2D eigenvalue weighted by atomic mass is 79.9. The van der Waals surface area contributed by atoms with Gasteiger partial charge in [-0.3, -0.25) is 4.72 Å². The molecule has 8 heteroatoms. The number of halogens is 2. The highest BCUT2D eigenvalue weighted by Gasteiger charge is 2.17. The number of rotatable bonds is 4. The molecule has 0 amide bonds. The van der Waals surface area contributed by atoms with Crippen molar-refractivity contribution in [1.82, 2.24) is 4.98 Å². The summed E-state index contributed by atoms with van der Waals surface area (Å²) in [5, 5.41) is 3.02. The predicted molar refractivity (Wildman–Crippen MR) is 88.5 cm³/mol. The van der Waals surface area contributed by atoms with Crippen molar-refractivity contribution in [2.75, 3.05) is 17.1 Å². The maximum atomic E-state index is 12.4. The second kappa shape index (κ2) is 6.21. The van der Waals surface area contributed by atoms with E-state index >= 15 is 0 Å². The molecule has 112 valence electrons. The van der Waals surface area contributed by atoms with E-state index in [0.717, 1.165) is 10.0 Å². The molecule has 1 aromatic heterocycles. The Bertz CT molecular complexity index is 781. The molecule has 1 aromatic carbocycles. The zero-order chi connectivity index (χ0) is 15.6. The van der Waals surface area contributed by atoms with Crippen LogP contribution in [-0.2, 0) is 10.0 Å². The number of sulfonamides is 1. The smallest absolute Gasteiger partial charge is 0.263 e. The maximum absolute atomic E-state index is 12.4. The molecule has 0 aliphatic carbocycles. The van der Waals surface area contributed by atoms with E-state index in [0.29, 0.717) is 11.5 Å². The van der Waals surface area contributed by atoms with Crippen LogP contribution in [0.25, 0.3) is 0 Å². The van der Waals surface area contributed by atoms with Gasteiger partial charge in [0.25, 0.3) is 10.0 Å². The molecule has 0 unspecified atom stereocenters. The average molecular weight is 391 g/mol. The number of nitrogens with zero attached hydrogens (tertiary/aromatic N) is 1. The highest BCUT2D eigenvalue weighted by Crippen LogP contribution is 2.26. The van der Waals surface area contributed by atoms with E-state index in [-0.39, 0.29) is 9.92 Å². The Morgan fingerprint density at radius 1 is 1.29 bits per heavy atom. The Kier molecular flexibility index (Phi) is 4.75. The molecular formula is C13H13BrClN3O2S. The Labute approximate surface area is 136 Å². The van der Waals surface area contributed by atoms with Gasteiger partial charge in [-0.25, -0.2) is 13.4 Å². The zero-order valence-corrected chi connectivity index (χ0v) is 14.5. The molecule has 0 spiro atoms. The number of anilines is 2. The quantitative estimate of drug-likeness (QED) is 0.836. The normalized spacial score (nSPS) is 11.2. The summed E-state index contributed by atoms with van der Waals surface area (Å²) in [6.45, 7) is 1.82. The first-order chi connectivity index (χ1) is 9.83. The van der Waals surface area contributed by atoms with Crippen LogP contribution in [0.5, 0.6) is 0 Å². The van der Waals surface area contributed by atoms with Crippen LogP contribution in [0.3, 0.4) is 0 Å². The van der Waals surface area contributed by atoms with Crippen molar-refractivity contribution in [3.05, 3.63) is 45.5 Å². The lowest BCUT2D eigenvalue weighted by Crippen LogP contribution is -2.14. The fraction of sp³-hybridized carbons (Fsp3) is 0.154. The molecule has 0 fully saturated rings. The summed E-state index contributed by atoms with van der Waals surface area (Å²) in [5.41, 5.74) is 1.31. The van der Waals surface area contributed by atoms with E-state index in [4.69, 9.17) is 11.6 Å². The molecule has 2 N–H and O–H groups in total. The molecule has 2 aromatic rings. The summed E-state index contributed by atoms with van der Waals surface area (Å²) in [4.78, 5) is 3.98. The topological polar surface area (TPSA) is 71.1 Å². The maximum Gasteiger partial charge on any atom is 0.263 e. The third-order valence-corrected chi connectivity index (χ3v) is 4.92. The molecule has 0 saturated carbocycles. The van der Waals surface area contributed by atoms with E-state index in [2.05, 4.69) is 31.0 Å². The first kappa shape index (κ1) is 16.1. The largest absolute Gasteiger partial charge is 0.372 e. The minimum absolute atomic E-state index is 0.00544. The monoisotopic (exact) mass is 389 g/mol. The Morgan fingerprint density at radius 3 is 2.62 bits per heavy atom. The summed E-state index contributed by atoms with van der Waals surface area (Å²) in [5.74, 6) is 0.425. The number of pyridine rings is 1. The summed E-state index contributed by atoms with van der Waals surface area (Å²) >= 11 is 9.28. The second-order valence-corrected chi connectivity index (χ2v) is 7.32. The third-order valence-electron chi connectivity index (χ3n) is 2.81. The summed E-state index contributed by atoms with van der Waals surface area (Å²) < 4.78 is 28.1. The molecule has 0 bridgehead atoms. The van der Waals surface area contributed by atoms with Gasteiger partial charge in [-0.1, -0.05) is 33.6 Å². The van der Waals surface area contributed by atoms with Gasteiger partial charge in [0.15, 0.2) is 0 Å². The lowest BCUT2D eigenvalue weighted by molar-refractivity contribution is 0.601. The Morgan fingerprint density at radius 2 is 2.00 bits per heavy atom. The first-order valence-corrected chi connectivity index (χ1v) is 8.61. The van der Waals surface area contributed by atoms with Gasteiger partial charge in [-0.15, -0.1) is 0 Å². The summed E-state index contributed by atoms with van der Waals surface area (Å²) in [7, 11) is -2.09. The lowest BCUT2D eigenvalue weighted by Gasteiger charge is -2.11. The minimum atomic E-state index is -3.75. The molecule has 21 heavy (non-hydrogen) atoms. The second-order valence-electron chi connectivity index (χ2n) is 4.32. The van der Waals surface area contributed by atoms with Gasteiger partial charge < -0.3 is 5.32 Å². The summed E-state index contributed by atoms with van der Waals surface area (Å²) in [6, 6.07) is 6.71. The van der Waals surface area contributed by atoms with Gasteiger partial charge in [-0.2, -0.15) is 0 Å². The van der Waals surface area contributed by atoms with Crippen molar-refractivity contribution in [2.24, 2.45) is 0 Å². The van der Waals surface area contributed by atoms with Gasteiger partial charge in [0.1, 0.15) is 10.7 Å². The van der Waals surface area contributed by atoms with Gasteiger partial charge in [0.2, 0.25) is 0 Å². The van der Waals surface area contributed by atoms with Crippen molar-refractivity contribution in [3.63, 3.8) is 0 Å². The number of aryl methyl sites for hydroxylation is 1. The van der Waals surface area contributed by atoms with Crippen LogP contribution in [0.2, 0.25) is 5.02 Å². The standard InChI is InChI=1S/C13H13BrClN3O2S/c1-8-3-4-9(14)5-12(8)18-21(19,20)10-6-11(15)13(16-2)17-7-10/h3-7,18H,1-2H3,(H,16,17). The van der Waals surface area contributed by atoms with Crippen molar-refractivity contribution in [3.8, 4) is 0 Å². The molecule has 1 heterocycles. The van der Waals surface area contributed by atoms with Crippen LogP contribution in [0.1, 0.15) is 5.56 Å². The number of aromatic nitrogens is 1. The summed E-state index contributed by atoms with van der Waals surface area (Å²) in [6.07, 6.45) is 1.26. The lowest BCUT2D eigenvalue weighted by atomic mass is 10.2. The molecule has 0 saturated heterocycles. The third kappa shape index (κ3) is 3.66. The Hall–Kier alpha value is -1.31. The highest BCUT2D eigenvalue weighted by molar-refractivity contribution is 9.10. The van der Waals surface area contributed by atoms with Crippen LogP contribution < -0.4 is 10.0 Å². The zero-order valence-electron chi connectivity index (χ0n) is 11.3. The molecule has 5 nitrogen and oxygen atoms in total. The van der Waals surface area contributed by atoms with Gasteiger partial charge in [-0.05, 0) is 30.7 Å². The number of hydrogen-bond acceptors (Lipinski definition) is 4. The van der Waals surface area contributed by atoms with E-state index in [9.17, 15) is 8.42 Å². The number of benzene rings is 1. The van der Waals surface area contributed by atoms with Crippen LogP contribution >= 0.6 is 27.5 Å². The average Bonchev–Trinajstić information content (AvgIpc) is 2.42. The van der Waals surface area contributed by atoms with Crippen LogP contribution in [0.15, 0.2) is 39.8 Å². The molecular weight excluding hydrogens is 378 g/mol. The fourth-order valence-electron chi connectivity index (χ4n) is 1.66. The minimum Gasteiger partial charge on any atom is -0.372 e. The Balaban J connectivity index is 2.38. The van der Waals surface area contributed by atoms with E-state index in [1.54, 1.807) is 13.1 Å². The predicted octanol–water partition coefficient (Wildman–Crippen LogP) is 3.65. The fourth-order valence-corrected chi connectivity index (χ4v) is 3.44. The SMILES string of the molecule is CNc1ncc(S(=O)(=O)Nc2cc(Br)ccc2C)cc1Cl. The van der Waals surface area contributed by atoms with Gasteiger partial charge >= 0.3 is 0 Å². The van der Waals surface area contributed by atoms with E-state index < -0.39 is 10.0 Å². The first-order valence-electron chi connectivity index (χ1n) is 5.96.